The van der Waals surface area contributed by atoms with Crippen molar-refractivity contribution in [3.63, 3.8) is 0 Å². The Balaban J connectivity index is 1.49. The van der Waals surface area contributed by atoms with Crippen LogP contribution in [0.2, 0.25) is 5.02 Å². The predicted molar refractivity (Wildman–Crippen MR) is 92.5 cm³/mol. The minimum absolute atomic E-state index is 0.256. The summed E-state index contributed by atoms with van der Waals surface area (Å²) in [7, 11) is 0. The van der Waals surface area contributed by atoms with Gasteiger partial charge < -0.3 is 18.9 Å². The van der Waals surface area contributed by atoms with Gasteiger partial charge in [0.25, 0.3) is 0 Å². The summed E-state index contributed by atoms with van der Waals surface area (Å²) in [4.78, 5) is 25.4. The maximum Gasteiger partial charge on any atom is 0.414 e. The van der Waals surface area contributed by atoms with E-state index in [9.17, 15) is 9.59 Å². The zero-order valence-corrected chi connectivity index (χ0v) is 14.3. The molecule has 134 valence electrons. The molecule has 2 heterocycles. The second-order valence-electron chi connectivity index (χ2n) is 5.63. The highest BCUT2D eigenvalue weighted by molar-refractivity contribution is 6.32. The molecule has 26 heavy (non-hydrogen) atoms. The van der Waals surface area contributed by atoms with E-state index in [1.165, 1.54) is 17.0 Å². The zero-order chi connectivity index (χ0) is 18.1. The van der Waals surface area contributed by atoms with E-state index in [2.05, 4.69) is 0 Å². The van der Waals surface area contributed by atoms with Crippen LogP contribution in [-0.4, -0.2) is 38.4 Å². The van der Waals surface area contributed by atoms with Gasteiger partial charge in [0.05, 0.1) is 17.1 Å². The first-order valence-corrected chi connectivity index (χ1v) is 8.35. The molecule has 1 fully saturated rings. The quantitative estimate of drug-likeness (QED) is 0.605. The number of halogens is 1. The van der Waals surface area contributed by atoms with Gasteiger partial charge in [0, 0.05) is 5.69 Å². The van der Waals surface area contributed by atoms with Gasteiger partial charge in [0.1, 0.15) is 25.6 Å². The lowest BCUT2D eigenvalue weighted by Gasteiger charge is -2.20. The van der Waals surface area contributed by atoms with Crippen molar-refractivity contribution < 1.29 is 28.5 Å². The van der Waals surface area contributed by atoms with Gasteiger partial charge >= 0.3 is 12.1 Å². The molecule has 0 saturated carbocycles. The van der Waals surface area contributed by atoms with Gasteiger partial charge in [-0.25, -0.2) is 9.59 Å². The molecule has 2 aliphatic heterocycles. The molecule has 0 spiro atoms. The van der Waals surface area contributed by atoms with E-state index in [-0.39, 0.29) is 16.7 Å². The van der Waals surface area contributed by atoms with Crippen molar-refractivity contribution in [2.75, 3.05) is 31.3 Å². The Bertz CT molecular complexity index is 867. The van der Waals surface area contributed by atoms with Crippen LogP contribution in [0.4, 0.5) is 10.5 Å². The lowest BCUT2D eigenvalue weighted by molar-refractivity contribution is 0.0733. The fourth-order valence-electron chi connectivity index (χ4n) is 2.72. The summed E-state index contributed by atoms with van der Waals surface area (Å²) in [5.74, 6) is 0.615. The van der Waals surface area contributed by atoms with Crippen LogP contribution >= 0.6 is 11.6 Å². The smallest absolute Gasteiger partial charge is 0.414 e. The van der Waals surface area contributed by atoms with Crippen molar-refractivity contribution >= 4 is 29.4 Å². The van der Waals surface area contributed by atoms with Crippen LogP contribution in [0.5, 0.6) is 17.2 Å². The van der Waals surface area contributed by atoms with Crippen molar-refractivity contribution in [3.8, 4) is 17.2 Å². The molecule has 0 aliphatic carbocycles. The molecule has 2 aliphatic rings. The van der Waals surface area contributed by atoms with Crippen LogP contribution in [0.3, 0.4) is 0 Å². The van der Waals surface area contributed by atoms with Crippen LogP contribution in [0.15, 0.2) is 36.4 Å². The second-order valence-corrected chi connectivity index (χ2v) is 6.04. The van der Waals surface area contributed by atoms with Crippen molar-refractivity contribution in [1.29, 1.82) is 0 Å². The first-order valence-electron chi connectivity index (χ1n) is 7.97. The highest BCUT2D eigenvalue weighted by atomic mass is 35.5. The molecule has 2 aromatic carbocycles. The van der Waals surface area contributed by atoms with E-state index in [1.54, 1.807) is 24.3 Å². The van der Waals surface area contributed by atoms with Crippen LogP contribution < -0.4 is 19.1 Å². The SMILES string of the molecule is O=C(Oc1ccc(N2CCOC2=O)cc1)c1cc(Cl)c2c(c1)OCCO2. The number of esters is 1. The van der Waals surface area contributed by atoms with Crippen LogP contribution in [-0.2, 0) is 4.74 Å². The van der Waals surface area contributed by atoms with Crippen LogP contribution in [0, 0.1) is 0 Å². The van der Waals surface area contributed by atoms with E-state index in [0.29, 0.717) is 49.3 Å². The molecule has 0 atom stereocenters. The summed E-state index contributed by atoms with van der Waals surface area (Å²) in [6, 6.07) is 9.61. The largest absolute Gasteiger partial charge is 0.486 e. The molecule has 0 unspecified atom stereocenters. The van der Waals surface area contributed by atoms with Gasteiger partial charge in [0.15, 0.2) is 11.5 Å². The highest BCUT2D eigenvalue weighted by Gasteiger charge is 2.24. The van der Waals surface area contributed by atoms with E-state index in [4.69, 9.17) is 30.5 Å². The summed E-state index contributed by atoms with van der Waals surface area (Å²) in [5, 5.41) is 0.289. The number of nitrogens with zero attached hydrogens (tertiary/aromatic N) is 1. The van der Waals surface area contributed by atoms with Gasteiger partial charge in [-0.05, 0) is 36.4 Å². The average molecular weight is 376 g/mol. The Morgan fingerprint density at radius 2 is 1.81 bits per heavy atom. The maximum atomic E-state index is 12.4. The summed E-state index contributed by atoms with van der Waals surface area (Å²) >= 11 is 6.14. The second kappa shape index (κ2) is 6.76. The first-order chi connectivity index (χ1) is 12.6. The standard InChI is InChI=1S/C18H14ClNO6/c19-14-9-11(10-15-16(14)24-8-7-23-15)17(21)26-13-3-1-12(2-4-13)20-5-6-25-18(20)22/h1-4,9-10H,5-8H2. The van der Waals surface area contributed by atoms with E-state index in [0.717, 1.165) is 0 Å². The predicted octanol–water partition coefficient (Wildman–Crippen LogP) is 3.29. The number of carbonyl (C=O) groups excluding carboxylic acids is 2. The van der Waals surface area contributed by atoms with Gasteiger partial charge in [-0.1, -0.05) is 11.6 Å². The Morgan fingerprint density at radius 3 is 2.54 bits per heavy atom. The Hall–Kier alpha value is -2.93. The molecule has 1 saturated heterocycles. The fourth-order valence-corrected chi connectivity index (χ4v) is 2.98. The van der Waals surface area contributed by atoms with Crippen molar-refractivity contribution in [2.24, 2.45) is 0 Å². The lowest BCUT2D eigenvalue weighted by atomic mass is 10.2. The lowest BCUT2D eigenvalue weighted by Crippen LogP contribution is -2.23. The molecular formula is C18H14ClNO6. The third-order valence-corrected chi connectivity index (χ3v) is 4.23. The molecule has 0 bridgehead atoms. The minimum Gasteiger partial charge on any atom is -0.486 e. The molecule has 4 rings (SSSR count). The van der Waals surface area contributed by atoms with Crippen molar-refractivity contribution in [1.82, 2.24) is 0 Å². The van der Waals surface area contributed by atoms with Crippen molar-refractivity contribution in [3.05, 3.63) is 47.0 Å². The third kappa shape index (κ3) is 3.13. The third-order valence-electron chi connectivity index (χ3n) is 3.95. The highest BCUT2D eigenvalue weighted by Crippen LogP contribution is 2.38. The first kappa shape index (κ1) is 16.5. The monoisotopic (exact) mass is 375 g/mol. The van der Waals surface area contributed by atoms with Crippen LogP contribution in [0.1, 0.15) is 10.4 Å². The summed E-state index contributed by atoms with van der Waals surface area (Å²) in [5.41, 5.74) is 0.932. The summed E-state index contributed by atoms with van der Waals surface area (Å²) in [6.45, 7) is 1.66. The molecule has 7 nitrogen and oxygen atoms in total. The fraction of sp³-hybridized carbons (Fsp3) is 0.222. The van der Waals surface area contributed by atoms with Gasteiger partial charge in [0.2, 0.25) is 0 Å². The van der Waals surface area contributed by atoms with Gasteiger partial charge in [-0.3, -0.25) is 4.90 Å². The van der Waals surface area contributed by atoms with Gasteiger partial charge in [-0.2, -0.15) is 0 Å². The van der Waals surface area contributed by atoms with Crippen molar-refractivity contribution in [2.45, 2.75) is 0 Å². The maximum absolute atomic E-state index is 12.4. The normalized spacial score (nSPS) is 15.6. The van der Waals surface area contributed by atoms with E-state index < -0.39 is 5.97 Å². The Labute approximate surface area is 154 Å². The number of fused-ring (bicyclic) bond motifs is 1. The number of ether oxygens (including phenoxy) is 4. The summed E-state index contributed by atoms with van der Waals surface area (Å²) in [6.07, 6.45) is -0.388. The minimum atomic E-state index is -0.572. The number of anilines is 1. The number of cyclic esters (lactones) is 1. The molecule has 0 N–H and O–H groups in total. The van der Waals surface area contributed by atoms with Crippen LogP contribution in [0.25, 0.3) is 0 Å². The van der Waals surface area contributed by atoms with E-state index >= 15 is 0 Å². The molecule has 0 radical (unpaired) electrons. The summed E-state index contributed by atoms with van der Waals surface area (Å²) < 4.78 is 21.1. The topological polar surface area (TPSA) is 74.3 Å². The van der Waals surface area contributed by atoms with E-state index in [1.807, 2.05) is 0 Å². The number of carbonyl (C=O) groups is 2. The molecule has 0 aromatic heterocycles. The Kier molecular flexibility index (Phi) is 4.30. The average Bonchev–Trinajstić information content (AvgIpc) is 3.08. The number of hydrogen-bond donors (Lipinski definition) is 0. The molecule has 2 aromatic rings. The molecular weight excluding hydrogens is 362 g/mol. The number of amides is 1. The molecule has 1 amide bonds. The number of rotatable bonds is 3. The molecule has 8 heteroatoms. The zero-order valence-electron chi connectivity index (χ0n) is 13.6. The number of benzene rings is 2. The Morgan fingerprint density at radius 1 is 1.04 bits per heavy atom. The van der Waals surface area contributed by atoms with Gasteiger partial charge in [-0.15, -0.1) is 0 Å². The number of hydrogen-bond acceptors (Lipinski definition) is 6.